The van der Waals surface area contributed by atoms with Gasteiger partial charge in [-0.25, -0.2) is 4.79 Å². The minimum Gasteiger partial charge on any atom is -0.487 e. The zero-order valence-corrected chi connectivity index (χ0v) is 16.4. The first-order chi connectivity index (χ1) is 12.0. The molecule has 7 nitrogen and oxygen atoms in total. The Morgan fingerprint density at radius 1 is 1.42 bits per heavy atom. The summed E-state index contributed by atoms with van der Waals surface area (Å²) < 4.78 is 11.5. The van der Waals surface area contributed by atoms with Gasteiger partial charge in [0.1, 0.15) is 17.5 Å². The van der Waals surface area contributed by atoms with Crippen molar-refractivity contribution < 1.29 is 19.1 Å². The predicted molar refractivity (Wildman–Crippen MR) is 100 cm³/mol. The Bertz CT molecular complexity index is 684. The molecule has 2 rings (SSSR count). The molecule has 0 aromatic heterocycles. The molecule has 1 aliphatic heterocycles. The molecule has 0 aliphatic carbocycles. The molecule has 0 bridgehead atoms. The van der Waals surface area contributed by atoms with Crippen LogP contribution in [-0.2, 0) is 4.74 Å². The fraction of sp³-hybridized carbons (Fsp3) is 0.579. The van der Waals surface area contributed by atoms with E-state index in [-0.39, 0.29) is 17.9 Å². The molecule has 2 amide bonds. The predicted octanol–water partition coefficient (Wildman–Crippen LogP) is 2.60. The summed E-state index contributed by atoms with van der Waals surface area (Å²) in [6, 6.07) is 5.03. The second-order valence-corrected chi connectivity index (χ2v) is 7.94. The summed E-state index contributed by atoms with van der Waals surface area (Å²) in [5.74, 6) is 0.378. The van der Waals surface area contributed by atoms with Gasteiger partial charge in [0, 0.05) is 32.2 Å². The van der Waals surface area contributed by atoms with E-state index in [1.807, 2.05) is 27.7 Å². The third-order valence-corrected chi connectivity index (χ3v) is 4.21. The molecule has 0 saturated carbocycles. The molecule has 1 aromatic carbocycles. The average molecular weight is 363 g/mol. The van der Waals surface area contributed by atoms with Gasteiger partial charge in [0.15, 0.2) is 0 Å². The number of nitrogens with two attached hydrogens (primary N) is 1. The SMILES string of the molecule is C[C@@H]1CN(C)C(=O)c2cc(N)ccc2O[C@H]1CN(C)C(=O)OC(C)(C)C. The molecule has 1 heterocycles. The molecule has 144 valence electrons. The van der Waals surface area contributed by atoms with Crippen molar-refractivity contribution in [1.82, 2.24) is 9.80 Å². The zero-order valence-electron chi connectivity index (χ0n) is 16.4. The van der Waals surface area contributed by atoms with Crippen molar-refractivity contribution in [2.45, 2.75) is 39.4 Å². The Kier molecular flexibility index (Phi) is 5.68. The topological polar surface area (TPSA) is 85.1 Å². The summed E-state index contributed by atoms with van der Waals surface area (Å²) >= 11 is 0. The van der Waals surface area contributed by atoms with Crippen molar-refractivity contribution in [1.29, 1.82) is 0 Å². The Hall–Kier alpha value is -2.44. The number of nitrogen functional groups attached to an aromatic ring is 1. The molecular formula is C19H29N3O4. The van der Waals surface area contributed by atoms with E-state index < -0.39 is 11.7 Å². The van der Waals surface area contributed by atoms with E-state index in [4.69, 9.17) is 15.2 Å². The van der Waals surface area contributed by atoms with E-state index in [9.17, 15) is 9.59 Å². The summed E-state index contributed by atoms with van der Waals surface area (Å²) in [4.78, 5) is 28.0. The Labute approximate surface area is 155 Å². The second kappa shape index (κ2) is 7.43. The van der Waals surface area contributed by atoms with Crippen LogP contribution in [0.4, 0.5) is 10.5 Å². The smallest absolute Gasteiger partial charge is 0.410 e. The van der Waals surface area contributed by atoms with Gasteiger partial charge in [-0.2, -0.15) is 0 Å². The first-order valence-corrected chi connectivity index (χ1v) is 8.73. The summed E-state index contributed by atoms with van der Waals surface area (Å²) in [6.45, 7) is 8.35. The van der Waals surface area contributed by atoms with Gasteiger partial charge in [0.2, 0.25) is 0 Å². The minimum absolute atomic E-state index is 0.0274. The van der Waals surface area contributed by atoms with Crippen LogP contribution in [0.3, 0.4) is 0 Å². The van der Waals surface area contributed by atoms with Gasteiger partial charge in [0.05, 0.1) is 12.1 Å². The van der Waals surface area contributed by atoms with Crippen LogP contribution in [0.1, 0.15) is 38.1 Å². The number of likely N-dealkylation sites (N-methyl/N-ethyl adjacent to an activating group) is 1. The number of rotatable bonds is 2. The van der Waals surface area contributed by atoms with Crippen LogP contribution >= 0.6 is 0 Å². The summed E-state index contributed by atoms with van der Waals surface area (Å²) in [5.41, 5.74) is 6.20. The highest BCUT2D eigenvalue weighted by Crippen LogP contribution is 2.28. The largest absolute Gasteiger partial charge is 0.487 e. The number of amides is 2. The second-order valence-electron chi connectivity index (χ2n) is 7.94. The number of hydrogen-bond acceptors (Lipinski definition) is 5. The standard InChI is InChI=1S/C19H29N3O4/c1-12-10-21(5)17(23)14-9-13(20)7-8-15(14)25-16(12)11-22(6)18(24)26-19(2,3)4/h7-9,12,16H,10-11,20H2,1-6H3/t12-,16+/m1/s1. The monoisotopic (exact) mass is 363 g/mol. The Morgan fingerprint density at radius 3 is 2.69 bits per heavy atom. The van der Waals surface area contributed by atoms with Crippen molar-refractivity contribution >= 4 is 17.7 Å². The lowest BCUT2D eigenvalue weighted by atomic mass is 10.0. The van der Waals surface area contributed by atoms with Crippen molar-refractivity contribution in [2.75, 3.05) is 32.9 Å². The van der Waals surface area contributed by atoms with Crippen LogP contribution in [0, 0.1) is 5.92 Å². The van der Waals surface area contributed by atoms with E-state index >= 15 is 0 Å². The lowest BCUT2D eigenvalue weighted by molar-refractivity contribution is 0.0151. The molecule has 26 heavy (non-hydrogen) atoms. The number of anilines is 1. The van der Waals surface area contributed by atoms with Crippen LogP contribution in [0.25, 0.3) is 0 Å². The maximum Gasteiger partial charge on any atom is 0.410 e. The number of hydrogen-bond donors (Lipinski definition) is 1. The van der Waals surface area contributed by atoms with Crippen molar-refractivity contribution in [2.24, 2.45) is 5.92 Å². The summed E-state index contributed by atoms with van der Waals surface area (Å²) in [5, 5.41) is 0. The molecular weight excluding hydrogens is 334 g/mol. The number of carbonyl (C=O) groups excluding carboxylic acids is 2. The van der Waals surface area contributed by atoms with Crippen LogP contribution in [0.5, 0.6) is 5.75 Å². The molecule has 0 saturated heterocycles. The van der Waals surface area contributed by atoms with Gasteiger partial charge in [-0.1, -0.05) is 6.92 Å². The molecule has 1 aliphatic rings. The average Bonchev–Trinajstić information content (AvgIpc) is 2.52. The van der Waals surface area contributed by atoms with E-state index in [0.29, 0.717) is 30.1 Å². The van der Waals surface area contributed by atoms with Crippen LogP contribution < -0.4 is 10.5 Å². The van der Waals surface area contributed by atoms with Gasteiger partial charge in [-0.05, 0) is 39.0 Å². The number of benzene rings is 1. The minimum atomic E-state index is -0.560. The number of nitrogens with zero attached hydrogens (tertiary/aromatic N) is 2. The molecule has 1 aromatic rings. The maximum absolute atomic E-state index is 12.6. The van der Waals surface area contributed by atoms with Gasteiger partial charge >= 0.3 is 6.09 Å². The molecule has 0 radical (unpaired) electrons. The van der Waals surface area contributed by atoms with E-state index in [0.717, 1.165) is 0 Å². The quantitative estimate of drug-likeness (QED) is 0.817. The molecule has 2 atom stereocenters. The zero-order chi connectivity index (χ0) is 19.6. The first kappa shape index (κ1) is 19.9. The van der Waals surface area contributed by atoms with E-state index in [1.54, 1.807) is 37.2 Å². The number of ether oxygens (including phenoxy) is 2. The maximum atomic E-state index is 12.6. The fourth-order valence-corrected chi connectivity index (χ4v) is 2.84. The van der Waals surface area contributed by atoms with Crippen molar-refractivity contribution in [3.8, 4) is 5.75 Å². The number of fused-ring (bicyclic) bond motifs is 1. The van der Waals surface area contributed by atoms with Crippen LogP contribution in [0.15, 0.2) is 18.2 Å². The van der Waals surface area contributed by atoms with Crippen molar-refractivity contribution in [3.63, 3.8) is 0 Å². The Morgan fingerprint density at radius 2 is 2.08 bits per heavy atom. The van der Waals surface area contributed by atoms with E-state index in [1.165, 1.54) is 4.90 Å². The normalized spacial score (nSPS) is 20.5. The third kappa shape index (κ3) is 4.80. The van der Waals surface area contributed by atoms with Crippen molar-refractivity contribution in [3.05, 3.63) is 23.8 Å². The van der Waals surface area contributed by atoms with Crippen LogP contribution in [-0.4, -0.2) is 60.7 Å². The van der Waals surface area contributed by atoms with Gasteiger partial charge in [0.25, 0.3) is 5.91 Å². The summed E-state index contributed by atoms with van der Waals surface area (Å²) in [6.07, 6.45) is -0.692. The highest BCUT2D eigenvalue weighted by molar-refractivity contribution is 5.97. The summed E-state index contributed by atoms with van der Waals surface area (Å²) in [7, 11) is 3.44. The third-order valence-electron chi connectivity index (χ3n) is 4.21. The molecule has 0 spiro atoms. The van der Waals surface area contributed by atoms with E-state index in [2.05, 4.69) is 0 Å². The molecule has 0 unspecified atom stereocenters. The van der Waals surface area contributed by atoms with Gasteiger partial charge in [-0.15, -0.1) is 0 Å². The van der Waals surface area contributed by atoms with Gasteiger partial charge in [-0.3, -0.25) is 4.79 Å². The fourth-order valence-electron chi connectivity index (χ4n) is 2.84. The lowest BCUT2D eigenvalue weighted by Crippen LogP contribution is -2.47. The molecule has 7 heteroatoms. The highest BCUT2D eigenvalue weighted by atomic mass is 16.6. The van der Waals surface area contributed by atoms with Crippen LogP contribution in [0.2, 0.25) is 0 Å². The molecule has 2 N–H and O–H groups in total. The molecule has 0 fully saturated rings. The van der Waals surface area contributed by atoms with Gasteiger partial charge < -0.3 is 25.0 Å². The number of carbonyl (C=O) groups is 2. The lowest BCUT2D eigenvalue weighted by Gasteiger charge is -2.35. The first-order valence-electron chi connectivity index (χ1n) is 8.73. The Balaban J connectivity index is 2.23. The highest BCUT2D eigenvalue weighted by Gasteiger charge is 2.31.